The van der Waals surface area contributed by atoms with Gasteiger partial charge >= 0.3 is 5.92 Å². The largest absolute Gasteiger partial charge is 0.394 e. The van der Waals surface area contributed by atoms with Crippen molar-refractivity contribution in [3.63, 3.8) is 0 Å². The van der Waals surface area contributed by atoms with Gasteiger partial charge in [0.2, 0.25) is 18.1 Å². The molecule has 1 aliphatic heterocycles. The van der Waals surface area contributed by atoms with Crippen molar-refractivity contribution in [1.82, 2.24) is 19.5 Å². The van der Waals surface area contributed by atoms with Gasteiger partial charge in [-0.25, -0.2) is 4.98 Å². The molecule has 43 heavy (non-hydrogen) atoms. The van der Waals surface area contributed by atoms with Crippen LogP contribution in [0.5, 0.6) is 0 Å². The van der Waals surface area contributed by atoms with E-state index in [0.29, 0.717) is 11.1 Å². The highest BCUT2D eigenvalue weighted by Crippen LogP contribution is 2.45. The number of hydrogen-bond donors (Lipinski definition) is 5. The van der Waals surface area contributed by atoms with Crippen molar-refractivity contribution >= 4 is 28.8 Å². The molecule has 1 saturated heterocycles. The number of nitrogen functional groups attached to an aromatic ring is 1. The maximum Gasteiger partial charge on any atom is 0.320 e. The monoisotopic (exact) mass is 587 g/mol. The molecule has 0 unspecified atom stereocenters. The van der Waals surface area contributed by atoms with Gasteiger partial charge in [0, 0.05) is 5.56 Å². The second-order valence-corrected chi connectivity index (χ2v) is 10.1. The van der Waals surface area contributed by atoms with E-state index >= 15 is 8.78 Å². The zero-order valence-corrected chi connectivity index (χ0v) is 22.5. The Morgan fingerprint density at radius 3 is 2.09 bits per heavy atom. The molecule has 1 fully saturated rings. The number of hydrogen-bond acceptors (Lipinski definition) is 9. The van der Waals surface area contributed by atoms with Gasteiger partial charge in [0.05, 0.1) is 12.9 Å². The number of nitrogens with zero attached hydrogens (tertiary/aromatic N) is 4. The fraction of sp³-hybridized carbons (Fsp3) is 0.200. The van der Waals surface area contributed by atoms with Gasteiger partial charge < -0.3 is 31.7 Å². The lowest BCUT2D eigenvalue weighted by molar-refractivity contribution is -0.138. The van der Waals surface area contributed by atoms with Crippen LogP contribution in [0.25, 0.3) is 11.2 Å². The van der Waals surface area contributed by atoms with E-state index in [1.165, 1.54) is 0 Å². The number of rotatable bonds is 8. The molecule has 7 N–H and O–H groups in total. The number of anilines is 2. The third-order valence-corrected chi connectivity index (χ3v) is 7.57. The molecule has 0 aliphatic carbocycles. The van der Waals surface area contributed by atoms with Crippen molar-refractivity contribution in [1.29, 1.82) is 0 Å². The molecule has 1 amide bonds. The second kappa shape index (κ2) is 10.7. The van der Waals surface area contributed by atoms with Crippen LogP contribution in [0.1, 0.15) is 33.3 Å². The standard InChI is InChI=1S/C30H27F2N7O4/c31-30(32)23(41)21(15-40)43-27(30)39-16-35-22-25(36-28(34)37-26(22)39)38-29(18-7-3-1-4-8-18,19-9-5-2-6-10-19)20-13-11-17(12-14-20)24(33)42/h1-14,16,21,23,27,40-41H,15H2,(H2,33,42)(H3,34,36,37,38)/t21-,23-,27-/m1/s1. The average molecular weight is 588 g/mol. The number of aliphatic hydroxyl groups excluding tert-OH is 2. The van der Waals surface area contributed by atoms with Crippen LogP contribution in [0.4, 0.5) is 20.5 Å². The summed E-state index contributed by atoms with van der Waals surface area (Å²) in [5.41, 5.74) is 13.0. The Bertz CT molecular complexity index is 1730. The molecule has 0 spiro atoms. The van der Waals surface area contributed by atoms with Crippen LogP contribution in [0.15, 0.2) is 91.3 Å². The van der Waals surface area contributed by atoms with Crippen molar-refractivity contribution in [2.75, 3.05) is 17.7 Å². The molecule has 0 radical (unpaired) electrons. The Morgan fingerprint density at radius 2 is 1.56 bits per heavy atom. The summed E-state index contributed by atoms with van der Waals surface area (Å²) in [6.45, 7) is -0.810. The molecule has 13 heteroatoms. The Kier molecular flexibility index (Phi) is 7.00. The van der Waals surface area contributed by atoms with Crippen LogP contribution < -0.4 is 16.8 Å². The molecule has 1 aliphatic rings. The molecule has 6 rings (SSSR count). The van der Waals surface area contributed by atoms with Crippen molar-refractivity contribution in [3.8, 4) is 0 Å². The van der Waals surface area contributed by atoms with E-state index in [0.717, 1.165) is 22.0 Å². The summed E-state index contributed by atoms with van der Waals surface area (Å²) in [6.07, 6.45) is -4.67. The second-order valence-electron chi connectivity index (χ2n) is 10.1. The normalized spacial score (nSPS) is 19.9. The number of imidazole rings is 1. The van der Waals surface area contributed by atoms with Crippen molar-refractivity contribution in [2.24, 2.45) is 5.73 Å². The smallest absolute Gasteiger partial charge is 0.320 e. The summed E-state index contributed by atoms with van der Waals surface area (Å²) in [5.74, 6) is -4.47. The van der Waals surface area contributed by atoms with Gasteiger partial charge in [0.25, 0.3) is 0 Å². The number of fused-ring (bicyclic) bond motifs is 1. The lowest BCUT2D eigenvalue weighted by atomic mass is 9.76. The van der Waals surface area contributed by atoms with E-state index in [1.807, 2.05) is 60.7 Å². The number of nitrogens with two attached hydrogens (primary N) is 2. The predicted molar refractivity (Wildman–Crippen MR) is 153 cm³/mol. The number of aromatic nitrogens is 4. The Balaban J connectivity index is 1.57. The fourth-order valence-electron chi connectivity index (χ4n) is 5.47. The number of alkyl halides is 2. The van der Waals surface area contributed by atoms with Gasteiger partial charge in [-0.3, -0.25) is 9.36 Å². The maximum absolute atomic E-state index is 15.1. The van der Waals surface area contributed by atoms with Crippen LogP contribution >= 0.6 is 0 Å². The number of halogens is 2. The number of ether oxygens (including phenoxy) is 1. The lowest BCUT2D eigenvalue weighted by Crippen LogP contribution is -2.39. The minimum absolute atomic E-state index is 0.0791. The summed E-state index contributed by atoms with van der Waals surface area (Å²) >= 11 is 0. The predicted octanol–water partition coefficient (Wildman–Crippen LogP) is 2.80. The van der Waals surface area contributed by atoms with Gasteiger partial charge in [-0.05, 0) is 28.8 Å². The number of aliphatic hydroxyl groups is 2. The summed E-state index contributed by atoms with van der Waals surface area (Å²) in [5, 5.41) is 23.0. The molecule has 0 bridgehead atoms. The van der Waals surface area contributed by atoms with Gasteiger partial charge in [0.1, 0.15) is 11.6 Å². The number of primary amides is 1. The van der Waals surface area contributed by atoms with Crippen LogP contribution in [-0.4, -0.2) is 60.4 Å². The van der Waals surface area contributed by atoms with E-state index in [9.17, 15) is 15.0 Å². The zero-order chi connectivity index (χ0) is 30.4. The third-order valence-electron chi connectivity index (χ3n) is 7.57. The molecule has 220 valence electrons. The van der Waals surface area contributed by atoms with E-state index in [1.54, 1.807) is 24.3 Å². The molecule has 3 atom stereocenters. The Labute approximate surface area is 243 Å². The molecule has 3 aromatic carbocycles. The van der Waals surface area contributed by atoms with Gasteiger partial charge in [-0.2, -0.15) is 18.7 Å². The van der Waals surface area contributed by atoms with Crippen molar-refractivity contribution in [2.45, 2.75) is 29.9 Å². The van der Waals surface area contributed by atoms with E-state index in [-0.39, 0.29) is 22.9 Å². The molecule has 5 aromatic rings. The first-order chi connectivity index (χ1) is 20.7. The number of carbonyl (C=O) groups is 1. The van der Waals surface area contributed by atoms with E-state index in [4.69, 9.17) is 16.2 Å². The highest BCUT2D eigenvalue weighted by Gasteiger charge is 2.59. The highest BCUT2D eigenvalue weighted by molar-refractivity contribution is 5.93. The summed E-state index contributed by atoms with van der Waals surface area (Å²) < 4.78 is 36.5. The van der Waals surface area contributed by atoms with Crippen molar-refractivity contribution in [3.05, 3.63) is 114 Å². The van der Waals surface area contributed by atoms with Gasteiger partial charge in [0.15, 0.2) is 23.1 Å². The lowest BCUT2D eigenvalue weighted by Gasteiger charge is -2.37. The number of carbonyl (C=O) groups excluding carboxylic acids is 1. The van der Waals surface area contributed by atoms with Gasteiger partial charge in [-0.15, -0.1) is 0 Å². The summed E-state index contributed by atoms with van der Waals surface area (Å²) in [4.78, 5) is 24.8. The quantitative estimate of drug-likeness (QED) is 0.171. The first kappa shape index (κ1) is 28.2. The highest BCUT2D eigenvalue weighted by atomic mass is 19.3. The molecular formula is C30H27F2N7O4. The topological polar surface area (TPSA) is 174 Å². The first-order valence-electron chi connectivity index (χ1n) is 13.3. The Morgan fingerprint density at radius 1 is 0.977 bits per heavy atom. The third kappa shape index (κ3) is 4.63. The minimum atomic E-state index is -3.77. The first-order valence-corrected chi connectivity index (χ1v) is 13.3. The van der Waals surface area contributed by atoms with E-state index < -0.39 is 42.4 Å². The van der Waals surface area contributed by atoms with Gasteiger partial charge in [-0.1, -0.05) is 72.8 Å². The summed E-state index contributed by atoms with van der Waals surface area (Å²) in [6, 6.07) is 25.6. The van der Waals surface area contributed by atoms with Crippen LogP contribution in [-0.2, 0) is 10.3 Å². The molecule has 3 heterocycles. The van der Waals surface area contributed by atoms with E-state index in [2.05, 4.69) is 20.3 Å². The minimum Gasteiger partial charge on any atom is -0.394 e. The number of nitrogens with one attached hydrogen (secondary N) is 1. The Hall–Kier alpha value is -4.98. The number of amides is 1. The average Bonchev–Trinajstić information content (AvgIpc) is 3.53. The van der Waals surface area contributed by atoms with Crippen LogP contribution in [0.2, 0.25) is 0 Å². The van der Waals surface area contributed by atoms with Crippen LogP contribution in [0, 0.1) is 0 Å². The fourth-order valence-corrected chi connectivity index (χ4v) is 5.47. The SMILES string of the molecule is NC(=O)c1ccc(C(Nc2nc(N)nc3c2ncn3[C@@H]2O[C@H](CO)[C@@H](O)C2(F)F)(c2ccccc2)c2ccccc2)cc1. The molecule has 0 saturated carbocycles. The number of benzene rings is 3. The zero-order valence-electron chi connectivity index (χ0n) is 22.5. The van der Waals surface area contributed by atoms with Crippen LogP contribution in [0.3, 0.4) is 0 Å². The van der Waals surface area contributed by atoms with Crippen molar-refractivity contribution < 1.29 is 28.5 Å². The molecule has 2 aromatic heterocycles. The maximum atomic E-state index is 15.1. The molecule has 11 nitrogen and oxygen atoms in total. The summed E-state index contributed by atoms with van der Waals surface area (Å²) in [7, 11) is 0. The molecular weight excluding hydrogens is 560 g/mol.